The number of rotatable bonds is 7. The maximum atomic E-state index is 13.1. The predicted molar refractivity (Wildman–Crippen MR) is 134 cm³/mol. The van der Waals surface area contributed by atoms with Gasteiger partial charge in [-0.1, -0.05) is 0 Å². The van der Waals surface area contributed by atoms with Gasteiger partial charge in [0, 0.05) is 0 Å². The van der Waals surface area contributed by atoms with Gasteiger partial charge in [0.2, 0.25) is 0 Å². The molecule has 2 aromatic carbocycles. The standard InChI is InChI=1S/C27H29NO7Se/c1-17(29)34-23-14-24(30)28(26(23)36-20-8-6-5-7-9-20)15-19-13-22-21(32-16-33-22)12-18(19)10-11-25(31)35-27(2,3)4/h5-13,23,26H,14-16H2,1-4H3/b11-10+/t23-,26+/m0/s1. The fraction of sp³-hybridized carbons (Fsp3) is 0.370. The van der Waals surface area contributed by atoms with E-state index in [4.69, 9.17) is 18.9 Å². The van der Waals surface area contributed by atoms with Crippen molar-refractivity contribution in [3.05, 3.63) is 59.7 Å². The Hall–Kier alpha value is -3.29. The van der Waals surface area contributed by atoms with Crippen LogP contribution in [0.4, 0.5) is 0 Å². The molecule has 2 atom stereocenters. The minimum atomic E-state index is -0.612. The quantitative estimate of drug-likeness (QED) is 0.293. The third-order valence-corrected chi connectivity index (χ3v) is 8.24. The zero-order chi connectivity index (χ0) is 25.9. The molecule has 2 aromatic rings. The Labute approximate surface area is 216 Å². The molecule has 2 aliphatic heterocycles. The van der Waals surface area contributed by atoms with E-state index in [0.29, 0.717) is 17.1 Å². The van der Waals surface area contributed by atoms with Crippen LogP contribution in [0.1, 0.15) is 45.2 Å². The molecule has 1 fully saturated rings. The number of hydrogen-bond donors (Lipinski definition) is 0. The summed E-state index contributed by atoms with van der Waals surface area (Å²) in [4.78, 5) is 38.7. The summed E-state index contributed by atoms with van der Waals surface area (Å²) < 4.78 is 23.1. The summed E-state index contributed by atoms with van der Waals surface area (Å²) in [5, 5.41) is 0. The summed E-state index contributed by atoms with van der Waals surface area (Å²) in [7, 11) is 0. The van der Waals surface area contributed by atoms with Crippen LogP contribution >= 0.6 is 0 Å². The second-order valence-electron chi connectivity index (χ2n) is 9.47. The summed E-state index contributed by atoms with van der Waals surface area (Å²) in [6.07, 6.45) is 2.63. The van der Waals surface area contributed by atoms with Crippen molar-refractivity contribution in [1.29, 1.82) is 0 Å². The number of hydrogen-bond acceptors (Lipinski definition) is 7. The van der Waals surface area contributed by atoms with Gasteiger partial charge in [-0.2, -0.15) is 0 Å². The van der Waals surface area contributed by atoms with Crippen molar-refractivity contribution in [2.45, 2.75) is 57.3 Å². The van der Waals surface area contributed by atoms with Gasteiger partial charge in [-0.05, 0) is 0 Å². The first-order valence-corrected chi connectivity index (χ1v) is 13.5. The van der Waals surface area contributed by atoms with E-state index < -0.39 is 23.6 Å². The van der Waals surface area contributed by atoms with Crippen LogP contribution in [0.15, 0.2) is 48.5 Å². The average molecular weight is 558 g/mol. The molecule has 8 nitrogen and oxygen atoms in total. The number of nitrogens with zero attached hydrogens (tertiary/aromatic N) is 1. The third kappa shape index (κ3) is 6.47. The molecule has 0 saturated carbocycles. The normalized spacial score (nSPS) is 19.1. The van der Waals surface area contributed by atoms with E-state index in [0.717, 1.165) is 10.0 Å². The van der Waals surface area contributed by atoms with Crippen molar-refractivity contribution in [3.63, 3.8) is 0 Å². The van der Waals surface area contributed by atoms with Gasteiger partial charge in [-0.3, -0.25) is 0 Å². The Morgan fingerprint density at radius 1 is 1.14 bits per heavy atom. The zero-order valence-electron chi connectivity index (χ0n) is 20.7. The number of benzene rings is 2. The molecule has 0 aromatic heterocycles. The molecule has 1 amide bonds. The summed E-state index contributed by atoms with van der Waals surface area (Å²) >= 11 is -0.156. The van der Waals surface area contributed by atoms with Gasteiger partial charge in [0.15, 0.2) is 0 Å². The first-order chi connectivity index (χ1) is 17.1. The molecule has 0 aliphatic carbocycles. The van der Waals surface area contributed by atoms with Crippen LogP contribution in [0.2, 0.25) is 0 Å². The van der Waals surface area contributed by atoms with Crippen LogP contribution in [0.3, 0.4) is 0 Å². The van der Waals surface area contributed by atoms with Gasteiger partial charge >= 0.3 is 217 Å². The van der Waals surface area contributed by atoms with Crippen molar-refractivity contribution in [2.75, 3.05) is 6.79 Å². The molecule has 0 spiro atoms. The fourth-order valence-corrected chi connectivity index (χ4v) is 6.52. The van der Waals surface area contributed by atoms with Gasteiger partial charge in [0.1, 0.15) is 0 Å². The predicted octanol–water partition coefficient (Wildman–Crippen LogP) is 2.79. The first kappa shape index (κ1) is 25.8. The average Bonchev–Trinajstić information content (AvgIpc) is 3.36. The molecule has 0 N–H and O–H groups in total. The second-order valence-corrected chi connectivity index (χ2v) is 12.0. The van der Waals surface area contributed by atoms with E-state index in [2.05, 4.69) is 0 Å². The zero-order valence-corrected chi connectivity index (χ0v) is 22.4. The fourth-order valence-electron chi connectivity index (χ4n) is 3.97. The molecule has 190 valence electrons. The van der Waals surface area contributed by atoms with E-state index in [1.807, 2.05) is 36.4 Å². The van der Waals surface area contributed by atoms with E-state index in [1.165, 1.54) is 13.0 Å². The van der Waals surface area contributed by atoms with Crippen molar-refractivity contribution in [1.82, 2.24) is 4.90 Å². The topological polar surface area (TPSA) is 91.4 Å². The van der Waals surface area contributed by atoms with Gasteiger partial charge in [-0.25, -0.2) is 0 Å². The van der Waals surface area contributed by atoms with Crippen LogP contribution in [-0.2, 0) is 30.4 Å². The molecule has 0 radical (unpaired) electrons. The summed E-state index contributed by atoms with van der Waals surface area (Å²) in [5.74, 6) is 0.172. The molecule has 1 saturated heterocycles. The number of likely N-dealkylation sites (tertiary alicyclic amines) is 1. The van der Waals surface area contributed by atoms with Crippen molar-refractivity contribution in [3.8, 4) is 11.5 Å². The second kappa shape index (κ2) is 10.8. The van der Waals surface area contributed by atoms with Crippen molar-refractivity contribution in [2.24, 2.45) is 0 Å². The van der Waals surface area contributed by atoms with Crippen molar-refractivity contribution < 1.29 is 33.3 Å². The Balaban J connectivity index is 1.64. The summed E-state index contributed by atoms with van der Waals surface area (Å²) in [6.45, 7) is 7.14. The van der Waals surface area contributed by atoms with Gasteiger partial charge in [0.05, 0.1) is 0 Å². The van der Waals surface area contributed by atoms with Crippen LogP contribution < -0.4 is 13.9 Å². The summed E-state index contributed by atoms with van der Waals surface area (Å²) in [5.41, 5.74) is 0.879. The molecular weight excluding hydrogens is 529 g/mol. The molecule has 0 unspecified atom stereocenters. The molecule has 2 heterocycles. The van der Waals surface area contributed by atoms with Gasteiger partial charge < -0.3 is 0 Å². The SMILES string of the molecule is CC(=O)O[C@H]1CC(=O)N(Cc2cc3c(cc2/C=C/C(=O)OC(C)(C)C)OCO3)[C@@H]1[Se]c1ccccc1. The van der Waals surface area contributed by atoms with Crippen LogP contribution in [-0.4, -0.2) is 61.1 Å². The van der Waals surface area contributed by atoms with E-state index in [-0.39, 0.29) is 45.6 Å². The van der Waals surface area contributed by atoms with E-state index in [1.54, 1.807) is 37.8 Å². The van der Waals surface area contributed by atoms with Crippen LogP contribution in [0, 0.1) is 0 Å². The molecule has 0 bridgehead atoms. The molecule has 36 heavy (non-hydrogen) atoms. The Bertz CT molecular complexity index is 1170. The van der Waals surface area contributed by atoms with Gasteiger partial charge in [0.25, 0.3) is 0 Å². The molecular formula is C27H29NO7Se. The number of esters is 2. The van der Waals surface area contributed by atoms with Crippen LogP contribution in [0.25, 0.3) is 6.08 Å². The number of ether oxygens (including phenoxy) is 4. The van der Waals surface area contributed by atoms with Gasteiger partial charge in [-0.15, -0.1) is 0 Å². The first-order valence-electron chi connectivity index (χ1n) is 11.6. The molecule has 4 rings (SSSR count). The number of carbonyl (C=O) groups excluding carboxylic acids is 3. The number of amides is 1. The maximum absolute atomic E-state index is 13.1. The Morgan fingerprint density at radius 2 is 1.83 bits per heavy atom. The Morgan fingerprint density at radius 3 is 2.50 bits per heavy atom. The van der Waals surface area contributed by atoms with Crippen LogP contribution in [0.5, 0.6) is 11.5 Å². The monoisotopic (exact) mass is 559 g/mol. The van der Waals surface area contributed by atoms with E-state index in [9.17, 15) is 14.4 Å². The Kier molecular flexibility index (Phi) is 7.71. The number of carbonyl (C=O) groups is 3. The summed E-state index contributed by atoms with van der Waals surface area (Å²) in [6, 6.07) is 13.5. The minimum absolute atomic E-state index is 0.0937. The molecule has 2 aliphatic rings. The molecule has 9 heteroatoms. The third-order valence-electron chi connectivity index (χ3n) is 5.42. The van der Waals surface area contributed by atoms with E-state index >= 15 is 0 Å². The van der Waals surface area contributed by atoms with Crippen molar-refractivity contribution >= 4 is 43.3 Å². The number of fused-ring (bicyclic) bond motifs is 1.